The van der Waals surface area contributed by atoms with Crippen molar-refractivity contribution in [1.29, 1.82) is 0 Å². The van der Waals surface area contributed by atoms with Gasteiger partial charge in [-0.05, 0) is 18.9 Å². The van der Waals surface area contributed by atoms with Crippen LogP contribution >= 0.6 is 11.6 Å². The van der Waals surface area contributed by atoms with Gasteiger partial charge in [-0.2, -0.15) is 0 Å². The van der Waals surface area contributed by atoms with Gasteiger partial charge in [-0.1, -0.05) is 18.5 Å². The van der Waals surface area contributed by atoms with Crippen LogP contribution in [0.25, 0.3) is 0 Å². The van der Waals surface area contributed by atoms with Crippen LogP contribution in [0.4, 0.5) is 0 Å². The number of benzene rings is 1. The van der Waals surface area contributed by atoms with Gasteiger partial charge in [-0.15, -0.1) is 0 Å². The van der Waals surface area contributed by atoms with E-state index in [-0.39, 0.29) is 0 Å². The average Bonchev–Trinajstić information content (AvgIpc) is 2.36. The van der Waals surface area contributed by atoms with Gasteiger partial charge >= 0.3 is 5.97 Å². The summed E-state index contributed by atoms with van der Waals surface area (Å²) in [4.78, 5) is 11.1. The zero-order valence-corrected chi connectivity index (χ0v) is 11.7. The van der Waals surface area contributed by atoms with Gasteiger partial charge in [0.15, 0.2) is 11.5 Å². The van der Waals surface area contributed by atoms with Crippen molar-refractivity contribution in [3.8, 4) is 11.5 Å². The van der Waals surface area contributed by atoms with Crippen molar-refractivity contribution in [3.05, 3.63) is 22.2 Å². The first-order chi connectivity index (χ1) is 8.47. The lowest BCUT2D eigenvalue weighted by Crippen LogP contribution is -2.12. The highest BCUT2D eigenvalue weighted by Gasteiger charge is 2.25. The maximum absolute atomic E-state index is 11.1. The van der Waals surface area contributed by atoms with E-state index < -0.39 is 11.9 Å². The van der Waals surface area contributed by atoms with Crippen LogP contribution in [0.1, 0.15) is 30.9 Å². The number of aliphatic carboxylic acids is 1. The van der Waals surface area contributed by atoms with Crippen molar-refractivity contribution in [1.82, 2.24) is 0 Å². The molecule has 4 nitrogen and oxygen atoms in total. The second kappa shape index (κ2) is 5.96. The minimum atomic E-state index is -0.918. The third-order valence-corrected chi connectivity index (χ3v) is 3.23. The lowest BCUT2D eigenvalue weighted by molar-refractivity contribution is -0.138. The van der Waals surface area contributed by atoms with E-state index in [1.165, 1.54) is 14.2 Å². The first-order valence-corrected chi connectivity index (χ1v) is 6.01. The molecule has 18 heavy (non-hydrogen) atoms. The van der Waals surface area contributed by atoms with Crippen LogP contribution in [0.2, 0.25) is 5.02 Å². The Balaban J connectivity index is 3.55. The number of methoxy groups -OCH3 is 2. The van der Waals surface area contributed by atoms with E-state index in [4.69, 9.17) is 26.2 Å². The third kappa shape index (κ3) is 2.53. The van der Waals surface area contributed by atoms with Gasteiger partial charge in [0.1, 0.15) is 0 Å². The largest absolute Gasteiger partial charge is 0.493 e. The fourth-order valence-electron chi connectivity index (χ4n) is 1.99. The number of hydrogen-bond acceptors (Lipinski definition) is 3. The highest BCUT2D eigenvalue weighted by molar-refractivity contribution is 6.32. The standard InChI is InChI=1S/C13H17ClO4/c1-5-8-11(7(2)13(15)16)9(14)6-10(17-3)12(8)18-4/h6-7H,5H2,1-4H3,(H,15,16). The third-order valence-electron chi connectivity index (χ3n) is 2.92. The highest BCUT2D eigenvalue weighted by atomic mass is 35.5. The smallest absolute Gasteiger partial charge is 0.310 e. The SMILES string of the molecule is CCc1c(OC)c(OC)cc(Cl)c1C(C)C(=O)O. The molecule has 1 rings (SSSR count). The predicted molar refractivity (Wildman–Crippen MR) is 70.0 cm³/mol. The van der Waals surface area contributed by atoms with Crippen molar-refractivity contribution < 1.29 is 19.4 Å². The van der Waals surface area contributed by atoms with Crippen molar-refractivity contribution in [2.24, 2.45) is 0 Å². The first kappa shape index (κ1) is 14.6. The molecule has 1 N–H and O–H groups in total. The Hall–Kier alpha value is -1.42. The molecule has 0 spiro atoms. The van der Waals surface area contributed by atoms with E-state index in [2.05, 4.69) is 0 Å². The fourth-order valence-corrected chi connectivity index (χ4v) is 2.37. The topological polar surface area (TPSA) is 55.8 Å². The Bertz CT molecular complexity index is 457. The van der Waals surface area contributed by atoms with E-state index in [1.807, 2.05) is 6.92 Å². The van der Waals surface area contributed by atoms with E-state index in [9.17, 15) is 4.79 Å². The Kier molecular flexibility index (Phi) is 4.84. The summed E-state index contributed by atoms with van der Waals surface area (Å²) in [5.41, 5.74) is 1.36. The zero-order valence-electron chi connectivity index (χ0n) is 10.9. The molecule has 0 aliphatic heterocycles. The van der Waals surface area contributed by atoms with Crippen LogP contribution in [0.3, 0.4) is 0 Å². The molecule has 1 aromatic rings. The van der Waals surface area contributed by atoms with Crippen LogP contribution in [0.5, 0.6) is 11.5 Å². The van der Waals surface area contributed by atoms with Gasteiger partial charge in [0.2, 0.25) is 0 Å². The first-order valence-electron chi connectivity index (χ1n) is 5.63. The Labute approximate surface area is 111 Å². The van der Waals surface area contributed by atoms with Crippen molar-refractivity contribution in [2.75, 3.05) is 14.2 Å². The molecule has 0 saturated heterocycles. The summed E-state index contributed by atoms with van der Waals surface area (Å²) in [6.07, 6.45) is 0.618. The molecule has 100 valence electrons. The van der Waals surface area contributed by atoms with E-state index in [0.717, 1.165) is 5.56 Å². The van der Waals surface area contributed by atoms with Crippen molar-refractivity contribution >= 4 is 17.6 Å². The minimum absolute atomic E-state index is 0.388. The molecular formula is C13H17ClO4. The Morgan fingerprint density at radius 3 is 2.44 bits per heavy atom. The summed E-state index contributed by atoms with van der Waals surface area (Å²) in [6.45, 7) is 3.53. The molecule has 0 aromatic heterocycles. The summed E-state index contributed by atoms with van der Waals surface area (Å²) >= 11 is 6.16. The van der Waals surface area contributed by atoms with E-state index >= 15 is 0 Å². The van der Waals surface area contributed by atoms with Crippen LogP contribution < -0.4 is 9.47 Å². The van der Waals surface area contributed by atoms with Gasteiger partial charge in [0.25, 0.3) is 0 Å². The summed E-state index contributed by atoms with van der Waals surface area (Å²) in [6, 6.07) is 1.59. The molecule has 0 fully saturated rings. The highest BCUT2D eigenvalue weighted by Crippen LogP contribution is 2.41. The van der Waals surface area contributed by atoms with Crippen LogP contribution in [0.15, 0.2) is 6.07 Å². The maximum Gasteiger partial charge on any atom is 0.310 e. The fraction of sp³-hybridized carbons (Fsp3) is 0.462. The van der Waals surface area contributed by atoms with Crippen LogP contribution in [-0.4, -0.2) is 25.3 Å². The molecular weight excluding hydrogens is 256 g/mol. The molecule has 0 heterocycles. The Morgan fingerprint density at radius 2 is 2.06 bits per heavy atom. The summed E-state index contributed by atoms with van der Waals surface area (Å²) < 4.78 is 10.5. The van der Waals surface area contributed by atoms with Crippen LogP contribution in [-0.2, 0) is 11.2 Å². The second-order valence-corrected chi connectivity index (χ2v) is 4.31. The normalized spacial score (nSPS) is 12.1. The minimum Gasteiger partial charge on any atom is -0.493 e. The number of hydrogen-bond donors (Lipinski definition) is 1. The molecule has 0 radical (unpaired) electrons. The van der Waals surface area contributed by atoms with Gasteiger partial charge < -0.3 is 14.6 Å². The lowest BCUT2D eigenvalue weighted by Gasteiger charge is -2.19. The number of carboxylic acid groups (broad SMARTS) is 1. The molecule has 5 heteroatoms. The second-order valence-electron chi connectivity index (χ2n) is 3.90. The number of halogens is 1. The Morgan fingerprint density at radius 1 is 1.44 bits per heavy atom. The van der Waals surface area contributed by atoms with Crippen molar-refractivity contribution in [3.63, 3.8) is 0 Å². The molecule has 0 bridgehead atoms. The average molecular weight is 273 g/mol. The van der Waals surface area contributed by atoms with Gasteiger partial charge in [0, 0.05) is 16.7 Å². The van der Waals surface area contributed by atoms with Crippen molar-refractivity contribution in [2.45, 2.75) is 26.2 Å². The maximum atomic E-state index is 11.1. The quantitative estimate of drug-likeness (QED) is 0.895. The van der Waals surface area contributed by atoms with Gasteiger partial charge in [-0.3, -0.25) is 4.79 Å². The summed E-state index contributed by atoms with van der Waals surface area (Å²) in [7, 11) is 3.05. The van der Waals surface area contributed by atoms with E-state index in [0.29, 0.717) is 28.5 Å². The molecule has 1 aromatic carbocycles. The van der Waals surface area contributed by atoms with E-state index in [1.54, 1.807) is 13.0 Å². The molecule has 1 unspecified atom stereocenters. The lowest BCUT2D eigenvalue weighted by atomic mass is 9.93. The summed E-state index contributed by atoms with van der Waals surface area (Å²) in [5.74, 6) is -0.542. The predicted octanol–water partition coefficient (Wildman–Crippen LogP) is 3.11. The molecule has 1 atom stereocenters. The van der Waals surface area contributed by atoms with Gasteiger partial charge in [0.05, 0.1) is 20.1 Å². The zero-order chi connectivity index (χ0) is 13.9. The number of rotatable bonds is 5. The molecule has 0 aliphatic rings. The number of carboxylic acids is 1. The van der Waals surface area contributed by atoms with Crippen LogP contribution in [0, 0.1) is 0 Å². The molecule has 0 amide bonds. The molecule has 0 aliphatic carbocycles. The molecule has 0 saturated carbocycles. The monoisotopic (exact) mass is 272 g/mol. The summed E-state index contributed by atoms with van der Waals surface area (Å²) in [5, 5.41) is 9.53. The number of ether oxygens (including phenoxy) is 2. The number of carbonyl (C=O) groups is 1. The van der Waals surface area contributed by atoms with Gasteiger partial charge in [-0.25, -0.2) is 0 Å².